The SMILES string of the molecule is CCn1c(SCC(=O)Nc2ccc(C(C)C)cc2)nnc1[C@H](C)NC(=O)c1ccccc1Cl. The summed E-state index contributed by atoms with van der Waals surface area (Å²) in [6.07, 6.45) is 0. The lowest BCUT2D eigenvalue weighted by molar-refractivity contribution is -0.113. The first-order valence-electron chi connectivity index (χ1n) is 10.8. The molecule has 3 aromatic rings. The zero-order chi connectivity index (χ0) is 24.0. The molecule has 2 N–H and O–H groups in total. The molecule has 0 unspecified atom stereocenters. The van der Waals surface area contributed by atoms with Crippen LogP contribution < -0.4 is 10.6 Å². The van der Waals surface area contributed by atoms with Crippen molar-refractivity contribution in [1.29, 1.82) is 0 Å². The maximum absolute atomic E-state index is 12.6. The highest BCUT2D eigenvalue weighted by Crippen LogP contribution is 2.23. The molecular weight excluding hydrogens is 458 g/mol. The van der Waals surface area contributed by atoms with Crippen molar-refractivity contribution >= 4 is 40.9 Å². The monoisotopic (exact) mass is 485 g/mol. The number of amides is 2. The van der Waals surface area contributed by atoms with E-state index in [4.69, 9.17) is 11.6 Å². The van der Waals surface area contributed by atoms with E-state index >= 15 is 0 Å². The van der Waals surface area contributed by atoms with E-state index in [2.05, 4.69) is 34.7 Å². The van der Waals surface area contributed by atoms with E-state index in [0.717, 1.165) is 5.69 Å². The second-order valence-corrected chi connectivity index (χ2v) is 9.22. The number of benzene rings is 2. The number of nitrogens with one attached hydrogen (secondary N) is 2. The summed E-state index contributed by atoms with van der Waals surface area (Å²) < 4.78 is 1.90. The zero-order valence-corrected chi connectivity index (χ0v) is 20.7. The number of hydrogen-bond donors (Lipinski definition) is 2. The summed E-state index contributed by atoms with van der Waals surface area (Å²) in [5, 5.41) is 15.3. The summed E-state index contributed by atoms with van der Waals surface area (Å²) in [6.45, 7) is 8.68. The third-order valence-corrected chi connectivity index (χ3v) is 6.40. The van der Waals surface area contributed by atoms with Gasteiger partial charge in [0.15, 0.2) is 11.0 Å². The predicted octanol–water partition coefficient (Wildman–Crippen LogP) is 5.30. The zero-order valence-electron chi connectivity index (χ0n) is 19.1. The normalized spacial score (nSPS) is 11.9. The Labute approximate surface area is 203 Å². The molecule has 33 heavy (non-hydrogen) atoms. The van der Waals surface area contributed by atoms with E-state index in [1.165, 1.54) is 17.3 Å². The first kappa shape index (κ1) is 24.8. The van der Waals surface area contributed by atoms with Crippen molar-refractivity contribution in [3.05, 3.63) is 70.5 Å². The molecule has 0 fully saturated rings. The Bertz CT molecular complexity index is 1110. The third kappa shape index (κ3) is 6.36. The number of hydrogen-bond acceptors (Lipinski definition) is 5. The van der Waals surface area contributed by atoms with Gasteiger partial charge in [0.2, 0.25) is 5.91 Å². The van der Waals surface area contributed by atoms with Gasteiger partial charge in [-0.2, -0.15) is 0 Å². The van der Waals surface area contributed by atoms with Gasteiger partial charge in [-0.15, -0.1) is 10.2 Å². The number of nitrogens with zero attached hydrogens (tertiary/aromatic N) is 3. The van der Waals surface area contributed by atoms with Crippen LogP contribution in [-0.2, 0) is 11.3 Å². The van der Waals surface area contributed by atoms with E-state index in [1.807, 2.05) is 42.7 Å². The molecule has 1 atom stereocenters. The van der Waals surface area contributed by atoms with Crippen molar-refractivity contribution in [2.45, 2.75) is 51.4 Å². The Kier molecular flexibility index (Phi) is 8.52. The molecule has 0 radical (unpaired) electrons. The summed E-state index contributed by atoms with van der Waals surface area (Å²) in [5.74, 6) is 0.854. The van der Waals surface area contributed by atoms with Gasteiger partial charge in [-0.05, 0) is 49.6 Å². The van der Waals surface area contributed by atoms with Gasteiger partial charge in [-0.3, -0.25) is 9.59 Å². The van der Waals surface area contributed by atoms with Gasteiger partial charge in [0.1, 0.15) is 0 Å². The number of carbonyl (C=O) groups excluding carboxylic acids is 2. The molecule has 0 spiro atoms. The van der Waals surface area contributed by atoms with Crippen molar-refractivity contribution in [3.8, 4) is 0 Å². The minimum absolute atomic E-state index is 0.121. The minimum Gasteiger partial charge on any atom is -0.342 e. The third-order valence-electron chi connectivity index (χ3n) is 5.11. The van der Waals surface area contributed by atoms with E-state index in [0.29, 0.717) is 34.0 Å². The van der Waals surface area contributed by atoms with Gasteiger partial charge in [-0.25, -0.2) is 0 Å². The van der Waals surface area contributed by atoms with Crippen LogP contribution >= 0.6 is 23.4 Å². The average molecular weight is 486 g/mol. The van der Waals surface area contributed by atoms with E-state index in [9.17, 15) is 9.59 Å². The van der Waals surface area contributed by atoms with Gasteiger partial charge in [0, 0.05) is 12.2 Å². The van der Waals surface area contributed by atoms with E-state index in [1.54, 1.807) is 24.3 Å². The quantitative estimate of drug-likeness (QED) is 0.401. The molecule has 7 nitrogen and oxygen atoms in total. The van der Waals surface area contributed by atoms with Crippen LogP contribution in [0, 0.1) is 0 Å². The molecule has 1 heterocycles. The van der Waals surface area contributed by atoms with Crippen molar-refractivity contribution in [3.63, 3.8) is 0 Å². The van der Waals surface area contributed by atoms with Crippen LogP contribution in [0.25, 0.3) is 0 Å². The summed E-state index contributed by atoms with van der Waals surface area (Å²) in [6, 6.07) is 14.4. The van der Waals surface area contributed by atoms with Gasteiger partial charge < -0.3 is 15.2 Å². The van der Waals surface area contributed by atoms with Crippen LogP contribution in [0.5, 0.6) is 0 Å². The Morgan fingerprint density at radius 1 is 1.06 bits per heavy atom. The molecule has 9 heteroatoms. The maximum atomic E-state index is 12.6. The Morgan fingerprint density at radius 2 is 1.76 bits per heavy atom. The largest absolute Gasteiger partial charge is 0.342 e. The lowest BCUT2D eigenvalue weighted by Gasteiger charge is -2.15. The van der Waals surface area contributed by atoms with Crippen molar-refractivity contribution in [2.75, 3.05) is 11.1 Å². The summed E-state index contributed by atoms with van der Waals surface area (Å²) in [7, 11) is 0. The fraction of sp³-hybridized carbons (Fsp3) is 0.333. The number of anilines is 1. The van der Waals surface area contributed by atoms with Crippen molar-refractivity contribution < 1.29 is 9.59 Å². The summed E-state index contributed by atoms with van der Waals surface area (Å²) >= 11 is 7.43. The number of thioether (sulfide) groups is 1. The fourth-order valence-corrected chi connectivity index (χ4v) is 4.32. The van der Waals surface area contributed by atoms with Crippen LogP contribution in [0.2, 0.25) is 5.02 Å². The standard InChI is InChI=1S/C24H28ClN5O2S/c1-5-30-22(16(4)26-23(32)19-8-6-7-9-20(19)25)28-29-24(30)33-14-21(31)27-18-12-10-17(11-13-18)15(2)3/h6-13,15-16H,5,14H2,1-4H3,(H,26,32)(H,27,31)/t16-/m0/s1. The second-order valence-electron chi connectivity index (χ2n) is 7.87. The van der Waals surface area contributed by atoms with E-state index in [-0.39, 0.29) is 23.6 Å². The molecule has 0 aliphatic carbocycles. The molecule has 0 aliphatic rings. The molecule has 0 saturated carbocycles. The minimum atomic E-state index is -0.385. The smallest absolute Gasteiger partial charge is 0.253 e. The molecule has 0 aliphatic heterocycles. The molecule has 174 valence electrons. The highest BCUT2D eigenvalue weighted by Gasteiger charge is 2.21. The molecule has 0 saturated heterocycles. The number of halogens is 1. The van der Waals surface area contributed by atoms with Crippen LogP contribution in [0.15, 0.2) is 53.7 Å². The molecule has 0 bridgehead atoms. The molecule has 2 amide bonds. The number of rotatable bonds is 9. The van der Waals surface area contributed by atoms with Crippen LogP contribution in [0.4, 0.5) is 5.69 Å². The van der Waals surface area contributed by atoms with Crippen LogP contribution in [0.1, 0.15) is 61.4 Å². The Morgan fingerprint density at radius 3 is 2.39 bits per heavy atom. The van der Waals surface area contributed by atoms with Crippen LogP contribution in [0.3, 0.4) is 0 Å². The molecule has 1 aromatic heterocycles. The van der Waals surface area contributed by atoms with Gasteiger partial charge >= 0.3 is 0 Å². The number of carbonyl (C=O) groups is 2. The predicted molar refractivity (Wildman–Crippen MR) is 133 cm³/mol. The summed E-state index contributed by atoms with van der Waals surface area (Å²) in [4.78, 5) is 25.0. The molecular formula is C24H28ClN5O2S. The Hall–Kier alpha value is -2.84. The highest BCUT2D eigenvalue weighted by atomic mass is 35.5. The fourth-order valence-electron chi connectivity index (χ4n) is 3.29. The average Bonchev–Trinajstić information content (AvgIpc) is 3.21. The van der Waals surface area contributed by atoms with Crippen molar-refractivity contribution in [1.82, 2.24) is 20.1 Å². The first-order chi connectivity index (χ1) is 15.8. The molecule has 3 rings (SSSR count). The maximum Gasteiger partial charge on any atom is 0.253 e. The number of aromatic nitrogens is 3. The topological polar surface area (TPSA) is 88.9 Å². The lowest BCUT2D eigenvalue weighted by atomic mass is 10.0. The lowest BCUT2D eigenvalue weighted by Crippen LogP contribution is -2.29. The van der Waals surface area contributed by atoms with Crippen molar-refractivity contribution in [2.24, 2.45) is 0 Å². The Balaban J connectivity index is 1.61. The van der Waals surface area contributed by atoms with Gasteiger partial charge in [0.25, 0.3) is 5.91 Å². The molecule has 2 aromatic carbocycles. The summed E-state index contributed by atoms with van der Waals surface area (Å²) in [5.41, 5.74) is 2.39. The van der Waals surface area contributed by atoms with E-state index < -0.39 is 0 Å². The van der Waals surface area contributed by atoms with Crippen LogP contribution in [-0.4, -0.2) is 32.3 Å². The van der Waals surface area contributed by atoms with Gasteiger partial charge in [-0.1, -0.05) is 61.5 Å². The second kappa shape index (κ2) is 11.3. The highest BCUT2D eigenvalue weighted by molar-refractivity contribution is 7.99. The van der Waals surface area contributed by atoms with Gasteiger partial charge in [0.05, 0.1) is 22.4 Å². The first-order valence-corrected chi connectivity index (χ1v) is 12.2.